The lowest BCUT2D eigenvalue weighted by molar-refractivity contribution is 0.0963. The van der Waals surface area contributed by atoms with Gasteiger partial charge in [0.15, 0.2) is 0 Å². The summed E-state index contributed by atoms with van der Waals surface area (Å²) in [5, 5.41) is 6.04. The van der Waals surface area contributed by atoms with Crippen molar-refractivity contribution in [3.8, 4) is 5.75 Å². The Morgan fingerprint density at radius 1 is 1.32 bits per heavy atom. The number of hydrogen-bond acceptors (Lipinski definition) is 4. The Bertz CT molecular complexity index is 810. The molecule has 1 unspecified atom stereocenters. The molecule has 2 N–H and O–H groups in total. The van der Waals surface area contributed by atoms with Gasteiger partial charge in [0.25, 0.3) is 5.91 Å². The van der Waals surface area contributed by atoms with Crippen LogP contribution in [0.25, 0.3) is 0 Å². The van der Waals surface area contributed by atoms with E-state index in [4.69, 9.17) is 4.74 Å². The van der Waals surface area contributed by atoms with Crippen LogP contribution >= 0.6 is 0 Å². The van der Waals surface area contributed by atoms with E-state index < -0.39 is 0 Å². The Morgan fingerprint density at radius 2 is 2.07 bits per heavy atom. The topological polar surface area (TPSA) is 53.6 Å². The van der Waals surface area contributed by atoms with E-state index in [1.54, 1.807) is 50.4 Å². The second-order valence-corrected chi connectivity index (χ2v) is 7.33. The van der Waals surface area contributed by atoms with Crippen molar-refractivity contribution in [3.05, 3.63) is 65.0 Å². The molecule has 2 aromatic carbocycles. The number of nitrogens with zero attached hydrogens (tertiary/aromatic N) is 1. The molecule has 28 heavy (non-hydrogen) atoms. The van der Waals surface area contributed by atoms with Gasteiger partial charge >= 0.3 is 0 Å². The van der Waals surface area contributed by atoms with Crippen LogP contribution in [0.4, 0.5) is 4.39 Å². The van der Waals surface area contributed by atoms with Crippen molar-refractivity contribution in [2.24, 2.45) is 0 Å². The van der Waals surface area contributed by atoms with Gasteiger partial charge in [-0.25, -0.2) is 4.39 Å². The van der Waals surface area contributed by atoms with Crippen molar-refractivity contribution in [3.63, 3.8) is 0 Å². The zero-order valence-corrected chi connectivity index (χ0v) is 16.7. The Labute approximate surface area is 165 Å². The molecule has 0 radical (unpaired) electrons. The third-order valence-electron chi connectivity index (χ3n) is 5.07. The largest absolute Gasteiger partial charge is 0.484 e. The molecule has 2 aromatic rings. The summed E-state index contributed by atoms with van der Waals surface area (Å²) in [7, 11) is 1.60. The second kappa shape index (κ2) is 9.17. The first-order valence-corrected chi connectivity index (χ1v) is 9.67. The van der Waals surface area contributed by atoms with Crippen molar-refractivity contribution >= 4 is 5.91 Å². The van der Waals surface area contributed by atoms with Gasteiger partial charge in [0.2, 0.25) is 0 Å². The van der Waals surface area contributed by atoms with Crippen LogP contribution in [0, 0.1) is 12.7 Å². The number of piperazine rings is 1. The van der Waals surface area contributed by atoms with Gasteiger partial charge in [-0.1, -0.05) is 12.1 Å². The predicted octanol–water partition coefficient (Wildman–Crippen LogP) is 2.91. The molecule has 0 spiro atoms. The molecule has 5 nitrogen and oxygen atoms in total. The first kappa shape index (κ1) is 20.3. The normalized spacial score (nSPS) is 18.5. The number of ether oxygens (including phenoxy) is 1. The number of rotatable bonds is 6. The van der Waals surface area contributed by atoms with E-state index in [2.05, 4.69) is 22.5 Å². The van der Waals surface area contributed by atoms with Crippen molar-refractivity contribution in [2.45, 2.75) is 26.0 Å². The molecule has 0 aromatic heterocycles. The van der Waals surface area contributed by atoms with Crippen molar-refractivity contribution in [1.29, 1.82) is 0 Å². The maximum Gasteiger partial charge on any atom is 0.251 e. The van der Waals surface area contributed by atoms with E-state index in [-0.39, 0.29) is 17.8 Å². The summed E-state index contributed by atoms with van der Waals surface area (Å²) in [4.78, 5) is 14.1. The number of halogens is 1. The van der Waals surface area contributed by atoms with Crippen LogP contribution < -0.4 is 15.4 Å². The summed E-state index contributed by atoms with van der Waals surface area (Å²) in [5.74, 6) is 0.287. The number of nitrogens with one attached hydrogen (secondary N) is 2. The Balaban J connectivity index is 1.80. The third kappa shape index (κ3) is 5.09. The first-order chi connectivity index (χ1) is 13.5. The molecule has 3 rings (SSSR count). The summed E-state index contributed by atoms with van der Waals surface area (Å²) >= 11 is 0. The molecule has 1 amide bonds. The SMILES string of the molecule is CNC(=O)c1ccc(OC(CN2CCN[C@H](C)C2)c2ccc(C)c(F)c2)cc1. The Kier molecular flexibility index (Phi) is 6.65. The van der Waals surface area contributed by atoms with Crippen molar-refractivity contribution < 1.29 is 13.9 Å². The van der Waals surface area contributed by atoms with Crippen LogP contribution in [0.5, 0.6) is 5.75 Å². The maximum atomic E-state index is 14.2. The van der Waals surface area contributed by atoms with Gasteiger partial charge in [-0.2, -0.15) is 0 Å². The van der Waals surface area contributed by atoms with Gasteiger partial charge in [-0.15, -0.1) is 0 Å². The first-order valence-electron chi connectivity index (χ1n) is 9.67. The Morgan fingerprint density at radius 3 is 2.71 bits per heavy atom. The molecule has 1 saturated heterocycles. The van der Waals surface area contributed by atoms with Crippen LogP contribution in [0.1, 0.15) is 34.5 Å². The van der Waals surface area contributed by atoms with Crippen LogP contribution in [0.15, 0.2) is 42.5 Å². The average molecular weight is 385 g/mol. The summed E-state index contributed by atoms with van der Waals surface area (Å²) in [6.07, 6.45) is -0.300. The lowest BCUT2D eigenvalue weighted by Gasteiger charge is -2.34. The van der Waals surface area contributed by atoms with Crippen LogP contribution in [0.3, 0.4) is 0 Å². The molecule has 0 saturated carbocycles. The third-order valence-corrected chi connectivity index (χ3v) is 5.07. The van der Waals surface area contributed by atoms with E-state index >= 15 is 0 Å². The van der Waals surface area contributed by atoms with E-state index in [9.17, 15) is 9.18 Å². The minimum Gasteiger partial charge on any atom is -0.484 e. The molecular formula is C22H28FN3O2. The molecule has 0 aliphatic carbocycles. The van der Waals surface area contributed by atoms with Crippen LogP contribution in [0.2, 0.25) is 0 Å². The van der Waals surface area contributed by atoms with Gasteiger partial charge in [0.05, 0.1) is 0 Å². The maximum absolute atomic E-state index is 14.2. The molecular weight excluding hydrogens is 357 g/mol. The molecule has 0 bridgehead atoms. The quantitative estimate of drug-likeness (QED) is 0.803. The van der Waals surface area contributed by atoms with E-state index in [1.807, 2.05) is 6.07 Å². The predicted molar refractivity (Wildman–Crippen MR) is 108 cm³/mol. The monoisotopic (exact) mass is 385 g/mol. The van der Waals surface area contributed by atoms with Crippen LogP contribution in [-0.2, 0) is 0 Å². The lowest BCUT2D eigenvalue weighted by atomic mass is 10.1. The smallest absolute Gasteiger partial charge is 0.251 e. The highest BCUT2D eigenvalue weighted by Crippen LogP contribution is 2.25. The number of carbonyl (C=O) groups excluding carboxylic acids is 1. The van der Waals surface area contributed by atoms with Gasteiger partial charge in [0, 0.05) is 44.8 Å². The summed E-state index contributed by atoms with van der Waals surface area (Å²) in [5.41, 5.74) is 2.00. The highest BCUT2D eigenvalue weighted by Gasteiger charge is 2.23. The highest BCUT2D eigenvalue weighted by molar-refractivity contribution is 5.94. The fourth-order valence-electron chi connectivity index (χ4n) is 3.43. The zero-order valence-electron chi connectivity index (χ0n) is 16.7. The number of aryl methyl sites for hydroxylation is 1. The number of amides is 1. The molecule has 6 heteroatoms. The zero-order chi connectivity index (χ0) is 20.1. The number of benzene rings is 2. The van der Waals surface area contributed by atoms with Crippen LogP contribution in [-0.4, -0.2) is 50.1 Å². The highest BCUT2D eigenvalue weighted by atomic mass is 19.1. The average Bonchev–Trinajstić information content (AvgIpc) is 2.69. The Hall–Kier alpha value is -2.44. The molecule has 1 aliphatic rings. The molecule has 1 aliphatic heterocycles. The lowest BCUT2D eigenvalue weighted by Crippen LogP contribution is -2.50. The van der Waals surface area contributed by atoms with Crippen molar-refractivity contribution in [2.75, 3.05) is 33.2 Å². The van der Waals surface area contributed by atoms with Gasteiger partial charge in [0.1, 0.15) is 17.7 Å². The van der Waals surface area contributed by atoms with Gasteiger partial charge in [-0.3, -0.25) is 9.69 Å². The minimum absolute atomic E-state index is 0.140. The second-order valence-electron chi connectivity index (χ2n) is 7.33. The summed E-state index contributed by atoms with van der Waals surface area (Å²) in [6.45, 7) is 7.36. The summed E-state index contributed by atoms with van der Waals surface area (Å²) in [6, 6.07) is 12.7. The standard InChI is InChI=1S/C22H28FN3O2/c1-15-4-5-18(12-20(15)23)21(14-26-11-10-25-16(2)13-26)28-19-8-6-17(7-9-19)22(27)24-3/h4-9,12,16,21,25H,10-11,13-14H2,1-3H3,(H,24,27)/t16-,21?/m1/s1. The molecule has 150 valence electrons. The fraction of sp³-hybridized carbons (Fsp3) is 0.409. The van der Waals surface area contributed by atoms with Gasteiger partial charge < -0.3 is 15.4 Å². The molecule has 1 fully saturated rings. The van der Waals surface area contributed by atoms with E-state index in [0.29, 0.717) is 29.5 Å². The minimum atomic E-state index is -0.300. The summed E-state index contributed by atoms with van der Waals surface area (Å²) < 4.78 is 20.4. The van der Waals surface area contributed by atoms with E-state index in [1.165, 1.54) is 0 Å². The molecule has 1 heterocycles. The fourth-order valence-corrected chi connectivity index (χ4v) is 3.43. The number of hydrogen-bond donors (Lipinski definition) is 2. The molecule has 2 atom stereocenters. The van der Waals surface area contributed by atoms with Gasteiger partial charge in [-0.05, 0) is 55.3 Å². The number of carbonyl (C=O) groups is 1. The van der Waals surface area contributed by atoms with E-state index in [0.717, 1.165) is 25.2 Å². The van der Waals surface area contributed by atoms with Crippen molar-refractivity contribution in [1.82, 2.24) is 15.5 Å².